The van der Waals surface area contributed by atoms with Gasteiger partial charge in [0, 0.05) is 25.8 Å². The van der Waals surface area contributed by atoms with Crippen LogP contribution in [0.3, 0.4) is 0 Å². The van der Waals surface area contributed by atoms with E-state index in [1.807, 2.05) is 0 Å². The van der Waals surface area contributed by atoms with Crippen LogP contribution in [0, 0.1) is 0 Å². The first-order valence-electron chi connectivity index (χ1n) is 20.7. The third-order valence-electron chi connectivity index (χ3n) is 9.71. The smallest absolute Gasteiger partial charge is 0.305 e. The molecule has 0 aliphatic carbocycles. The number of likely N-dealkylation sites (N-methyl/N-ethyl adjacent to an activating group) is 1. The van der Waals surface area contributed by atoms with Gasteiger partial charge in [-0.15, -0.1) is 0 Å². The summed E-state index contributed by atoms with van der Waals surface area (Å²) in [4.78, 5) is 24.4. The van der Waals surface area contributed by atoms with Crippen molar-refractivity contribution in [2.45, 2.75) is 213 Å². The van der Waals surface area contributed by atoms with E-state index in [9.17, 15) is 9.59 Å². The molecule has 0 heterocycles. The second kappa shape index (κ2) is 35.2. The fraction of sp³-hybridized carbons (Fsp3) is 0.951. The molecule has 0 saturated carbocycles. The summed E-state index contributed by atoms with van der Waals surface area (Å²) < 4.78 is 6.33. The van der Waals surface area contributed by atoms with E-state index < -0.39 is 0 Å². The van der Waals surface area contributed by atoms with Crippen LogP contribution in [0.4, 0.5) is 0 Å². The van der Waals surface area contributed by atoms with Gasteiger partial charge in [0.05, 0.1) is 20.6 Å². The van der Waals surface area contributed by atoms with Gasteiger partial charge in [0.25, 0.3) is 0 Å². The third-order valence-corrected chi connectivity index (χ3v) is 9.71. The van der Waals surface area contributed by atoms with Gasteiger partial charge >= 0.3 is 5.97 Å². The molecule has 0 aromatic carbocycles. The number of hydrogen-bond acceptors (Lipinski definition) is 3. The summed E-state index contributed by atoms with van der Waals surface area (Å²) in [7, 11) is 4.36. The Morgan fingerprint density at radius 2 is 0.804 bits per heavy atom. The predicted octanol–water partition coefficient (Wildman–Crippen LogP) is 11.9. The quantitative estimate of drug-likeness (QED) is 0.0413. The molecule has 0 fully saturated rings. The van der Waals surface area contributed by atoms with Gasteiger partial charge in [-0.1, -0.05) is 181 Å². The molecule has 0 aliphatic heterocycles. The number of hydrogen-bond donors (Lipinski definition) is 1. The Labute approximate surface area is 288 Å². The second-order valence-electron chi connectivity index (χ2n) is 15.0. The maximum atomic E-state index is 12.2. The highest BCUT2D eigenvalue weighted by molar-refractivity contribution is 5.75. The minimum absolute atomic E-state index is 0.0466. The van der Waals surface area contributed by atoms with Crippen LogP contribution in [0.5, 0.6) is 0 Å². The van der Waals surface area contributed by atoms with Gasteiger partial charge in [-0.25, -0.2) is 0 Å². The Morgan fingerprint density at radius 3 is 1.20 bits per heavy atom. The molecule has 0 radical (unpaired) electrons. The van der Waals surface area contributed by atoms with E-state index in [4.69, 9.17) is 4.74 Å². The zero-order valence-corrected chi connectivity index (χ0v) is 31.9. The van der Waals surface area contributed by atoms with Crippen LogP contribution in [-0.2, 0) is 14.3 Å². The molecular weight excluding hydrogens is 568 g/mol. The Balaban J connectivity index is 3.48. The van der Waals surface area contributed by atoms with Crippen LogP contribution in [-0.4, -0.2) is 56.7 Å². The minimum atomic E-state index is -0.0466. The highest BCUT2D eigenvalue weighted by Gasteiger charge is 2.16. The zero-order valence-electron chi connectivity index (χ0n) is 31.9. The van der Waals surface area contributed by atoms with Crippen molar-refractivity contribution in [3.8, 4) is 0 Å². The molecule has 0 unspecified atom stereocenters. The van der Waals surface area contributed by atoms with E-state index in [1.165, 1.54) is 161 Å². The monoisotopic (exact) mass is 652 g/mol. The maximum Gasteiger partial charge on any atom is 0.305 e. The number of nitrogens with one attached hydrogen (secondary N) is 1. The number of carbonyl (C=O) groups is 2. The zero-order chi connectivity index (χ0) is 33.8. The van der Waals surface area contributed by atoms with E-state index in [2.05, 4.69) is 33.3 Å². The van der Waals surface area contributed by atoms with Gasteiger partial charge < -0.3 is 14.5 Å². The SMILES string of the molecule is CCCCCCCCCCCCCCCCC(=O)NCCC[N+](C)(C)CCOC(=O)CCCCCCCCCCCCCCCC. The molecule has 274 valence electrons. The van der Waals surface area contributed by atoms with Crippen molar-refractivity contribution in [2.24, 2.45) is 0 Å². The lowest BCUT2D eigenvalue weighted by atomic mass is 10.0. The number of quaternary nitrogens is 1. The maximum absolute atomic E-state index is 12.2. The number of nitrogens with zero attached hydrogens (tertiary/aromatic N) is 1. The first-order valence-corrected chi connectivity index (χ1v) is 20.7. The summed E-state index contributed by atoms with van der Waals surface area (Å²) in [5.41, 5.74) is 0. The first kappa shape index (κ1) is 44.9. The lowest BCUT2D eigenvalue weighted by molar-refractivity contribution is -0.890. The number of ether oxygens (including phenoxy) is 1. The van der Waals surface area contributed by atoms with E-state index in [0.717, 1.165) is 49.8 Å². The number of amides is 1. The van der Waals surface area contributed by atoms with Gasteiger partial charge in [-0.3, -0.25) is 9.59 Å². The minimum Gasteiger partial charge on any atom is -0.460 e. The van der Waals surface area contributed by atoms with Crippen molar-refractivity contribution in [3.63, 3.8) is 0 Å². The summed E-state index contributed by atoms with van der Waals surface area (Å²) in [5.74, 6) is 0.149. The topological polar surface area (TPSA) is 55.4 Å². The number of rotatable bonds is 37. The fourth-order valence-corrected chi connectivity index (χ4v) is 6.36. The summed E-state index contributed by atoms with van der Waals surface area (Å²) >= 11 is 0. The van der Waals surface area contributed by atoms with Crippen molar-refractivity contribution in [1.82, 2.24) is 5.32 Å². The van der Waals surface area contributed by atoms with Crippen molar-refractivity contribution < 1.29 is 18.8 Å². The molecule has 0 rings (SSSR count). The fourth-order valence-electron chi connectivity index (χ4n) is 6.36. The van der Waals surface area contributed by atoms with Crippen LogP contribution < -0.4 is 5.32 Å². The Bertz CT molecular complexity index is 652. The summed E-state index contributed by atoms with van der Waals surface area (Å²) in [6.45, 7) is 7.56. The lowest BCUT2D eigenvalue weighted by Crippen LogP contribution is -2.44. The molecule has 5 nitrogen and oxygen atoms in total. The van der Waals surface area contributed by atoms with E-state index in [-0.39, 0.29) is 11.9 Å². The van der Waals surface area contributed by atoms with Gasteiger partial charge in [0.1, 0.15) is 13.2 Å². The van der Waals surface area contributed by atoms with E-state index in [1.54, 1.807) is 0 Å². The van der Waals surface area contributed by atoms with Gasteiger partial charge in [-0.05, 0) is 12.8 Å². The summed E-state index contributed by atoms with van der Waals surface area (Å²) in [6.07, 6.45) is 39.5. The van der Waals surface area contributed by atoms with Crippen LogP contribution in [0.25, 0.3) is 0 Å². The lowest BCUT2D eigenvalue weighted by Gasteiger charge is -2.29. The average molecular weight is 652 g/mol. The largest absolute Gasteiger partial charge is 0.460 e. The highest BCUT2D eigenvalue weighted by Crippen LogP contribution is 2.15. The van der Waals surface area contributed by atoms with Gasteiger partial charge in [0.2, 0.25) is 5.91 Å². The Hall–Kier alpha value is -1.10. The van der Waals surface area contributed by atoms with Crippen LogP contribution in [0.15, 0.2) is 0 Å². The van der Waals surface area contributed by atoms with Crippen molar-refractivity contribution in [1.29, 1.82) is 0 Å². The van der Waals surface area contributed by atoms with Crippen LogP contribution in [0.1, 0.15) is 213 Å². The molecule has 0 aromatic rings. The number of carbonyl (C=O) groups excluding carboxylic acids is 2. The summed E-state index contributed by atoms with van der Waals surface area (Å²) in [6, 6.07) is 0. The standard InChI is InChI=1S/C41H82N2O3/c1-5-7-9-11-13-15-17-19-21-23-25-27-29-31-34-40(44)42-36-33-37-43(3,4)38-39-46-41(45)35-32-30-28-26-24-22-20-18-16-14-12-10-8-6-2/h5-39H2,1-4H3/p+1. The Kier molecular flexibility index (Phi) is 34.4. The number of unbranched alkanes of at least 4 members (excludes halogenated alkanes) is 26. The van der Waals surface area contributed by atoms with Gasteiger partial charge in [-0.2, -0.15) is 0 Å². The second-order valence-corrected chi connectivity index (χ2v) is 15.0. The van der Waals surface area contributed by atoms with Gasteiger partial charge in [0.15, 0.2) is 0 Å². The van der Waals surface area contributed by atoms with Crippen LogP contribution in [0.2, 0.25) is 0 Å². The van der Waals surface area contributed by atoms with E-state index >= 15 is 0 Å². The molecule has 1 N–H and O–H groups in total. The molecule has 1 amide bonds. The Morgan fingerprint density at radius 1 is 0.457 bits per heavy atom. The molecule has 5 heteroatoms. The van der Waals surface area contributed by atoms with Crippen LogP contribution >= 0.6 is 0 Å². The molecule has 46 heavy (non-hydrogen) atoms. The summed E-state index contributed by atoms with van der Waals surface area (Å²) in [5, 5.41) is 3.10. The predicted molar refractivity (Wildman–Crippen MR) is 200 cm³/mol. The van der Waals surface area contributed by atoms with Crippen molar-refractivity contribution in [3.05, 3.63) is 0 Å². The molecule has 0 saturated heterocycles. The molecule has 0 atom stereocenters. The molecule has 0 spiro atoms. The highest BCUT2D eigenvalue weighted by atomic mass is 16.5. The van der Waals surface area contributed by atoms with Crippen molar-refractivity contribution >= 4 is 11.9 Å². The first-order chi connectivity index (χ1) is 22.4. The van der Waals surface area contributed by atoms with E-state index in [0.29, 0.717) is 19.4 Å². The number of esters is 1. The normalized spacial score (nSPS) is 11.7. The van der Waals surface area contributed by atoms with Crippen molar-refractivity contribution in [2.75, 3.05) is 40.3 Å². The molecule has 0 aromatic heterocycles. The molecule has 0 bridgehead atoms. The average Bonchev–Trinajstić information content (AvgIpc) is 3.03. The molecular formula is C41H83N2O3+. The molecule has 0 aliphatic rings. The third kappa shape index (κ3) is 35.7.